The Kier molecular flexibility index (Phi) is 10.0. The van der Waals surface area contributed by atoms with E-state index >= 15 is 0 Å². The first-order valence-corrected chi connectivity index (χ1v) is 12.7. The van der Waals surface area contributed by atoms with E-state index in [0.29, 0.717) is 35.4 Å². The van der Waals surface area contributed by atoms with E-state index in [1.54, 1.807) is 38.1 Å². The second-order valence-electron chi connectivity index (χ2n) is 9.47. The van der Waals surface area contributed by atoms with Crippen LogP contribution in [-0.2, 0) is 24.9 Å². The van der Waals surface area contributed by atoms with Crippen molar-refractivity contribution in [3.05, 3.63) is 124 Å². The number of halogens is 2. The van der Waals surface area contributed by atoms with Crippen molar-refractivity contribution in [2.75, 3.05) is 0 Å². The summed E-state index contributed by atoms with van der Waals surface area (Å²) in [6.45, 7) is 5.24. The molecule has 1 heterocycles. The number of nitrogens with zero attached hydrogens (tertiary/aromatic N) is 2. The molecule has 0 aliphatic carbocycles. The molecule has 3 aromatic carbocycles. The third-order valence-corrected chi connectivity index (χ3v) is 6.27. The molecule has 1 aromatic heterocycles. The second-order valence-corrected chi connectivity index (χ2v) is 9.47. The lowest BCUT2D eigenvalue weighted by atomic mass is 9.93. The molecule has 0 amide bonds. The van der Waals surface area contributed by atoms with Gasteiger partial charge in [0.25, 0.3) is 0 Å². The average Bonchev–Trinajstić information content (AvgIpc) is 2.93. The van der Waals surface area contributed by atoms with Crippen molar-refractivity contribution in [1.29, 1.82) is 5.26 Å². The highest BCUT2D eigenvalue weighted by molar-refractivity contribution is 5.78. The SMILES string of the molecule is CCc1ccccc1C(C)(C)F.N#Cc1ccccc1-c1ccc(C=O)c(CCCc2cccc(F)c2)n1.[HH]. The van der Waals surface area contributed by atoms with E-state index in [1.807, 2.05) is 55.5 Å². The minimum atomic E-state index is -1.22. The Morgan fingerprint density at radius 2 is 1.71 bits per heavy atom. The first kappa shape index (κ1) is 28.4. The fraction of sp³-hybridized carbons (Fsp3) is 0.242. The lowest BCUT2D eigenvalue weighted by Crippen LogP contribution is -2.11. The van der Waals surface area contributed by atoms with Crippen LogP contribution in [0.5, 0.6) is 0 Å². The zero-order chi connectivity index (χ0) is 27.5. The van der Waals surface area contributed by atoms with Gasteiger partial charge in [-0.25, -0.2) is 8.78 Å². The van der Waals surface area contributed by atoms with E-state index in [9.17, 15) is 18.8 Å². The number of carbonyl (C=O) groups excluding carboxylic acids is 1. The number of aryl methyl sites for hydroxylation is 3. The standard InChI is InChI=1S/C22H17FN2O.C11H15F.H2/c23-19-8-3-5-16(13-19)6-4-10-21-18(15-26)11-12-22(25-21)20-9-2-1-7-17(20)14-24;1-4-9-7-5-6-8-10(9)11(2,3)12;/h1-3,5,7-9,11-13,15H,4,6,10H2;5-8H,4H2,1-3H3;1H. The number of aldehydes is 1. The fourth-order valence-electron chi connectivity index (χ4n) is 4.33. The smallest absolute Gasteiger partial charge is 0.151 e. The quantitative estimate of drug-likeness (QED) is 0.223. The van der Waals surface area contributed by atoms with Gasteiger partial charge in [0.2, 0.25) is 0 Å². The Hall–Kier alpha value is -4.17. The van der Waals surface area contributed by atoms with Crippen LogP contribution in [0.25, 0.3) is 11.3 Å². The van der Waals surface area contributed by atoms with E-state index in [0.717, 1.165) is 41.4 Å². The lowest BCUT2D eigenvalue weighted by Gasteiger charge is -2.18. The molecule has 0 unspecified atom stereocenters. The van der Waals surface area contributed by atoms with Crippen LogP contribution in [0, 0.1) is 17.1 Å². The van der Waals surface area contributed by atoms with Crippen molar-refractivity contribution in [3.8, 4) is 17.3 Å². The molecule has 38 heavy (non-hydrogen) atoms. The van der Waals surface area contributed by atoms with Crippen LogP contribution in [0.2, 0.25) is 0 Å². The number of hydrogen-bond donors (Lipinski definition) is 0. The van der Waals surface area contributed by atoms with Crippen LogP contribution in [0.15, 0.2) is 84.9 Å². The molecule has 0 spiro atoms. The van der Waals surface area contributed by atoms with Crippen LogP contribution in [0.4, 0.5) is 8.78 Å². The highest BCUT2D eigenvalue weighted by atomic mass is 19.1. The van der Waals surface area contributed by atoms with Gasteiger partial charge < -0.3 is 0 Å². The number of carbonyl (C=O) groups is 1. The van der Waals surface area contributed by atoms with Gasteiger partial charge in [0.05, 0.1) is 23.0 Å². The summed E-state index contributed by atoms with van der Waals surface area (Å²) in [6, 6.07) is 27.1. The largest absolute Gasteiger partial charge is 0.298 e. The molecule has 4 rings (SSSR count). The van der Waals surface area contributed by atoms with Crippen LogP contribution < -0.4 is 0 Å². The number of benzene rings is 3. The summed E-state index contributed by atoms with van der Waals surface area (Å²) in [5.41, 5.74) is 4.83. The predicted molar refractivity (Wildman–Crippen MR) is 150 cm³/mol. The topological polar surface area (TPSA) is 53.8 Å². The summed E-state index contributed by atoms with van der Waals surface area (Å²) < 4.78 is 26.8. The summed E-state index contributed by atoms with van der Waals surface area (Å²) in [5.74, 6) is -0.246. The van der Waals surface area contributed by atoms with Gasteiger partial charge in [0.1, 0.15) is 11.5 Å². The number of pyridine rings is 1. The highest BCUT2D eigenvalue weighted by Gasteiger charge is 2.20. The molecule has 196 valence electrons. The zero-order valence-electron chi connectivity index (χ0n) is 22.0. The molecule has 0 atom stereocenters. The van der Waals surface area contributed by atoms with Gasteiger partial charge in [-0.2, -0.15) is 5.26 Å². The molecule has 0 bridgehead atoms. The van der Waals surface area contributed by atoms with Gasteiger partial charge in [-0.15, -0.1) is 0 Å². The summed E-state index contributed by atoms with van der Waals surface area (Å²) in [5, 5.41) is 9.28. The molecule has 0 saturated carbocycles. The number of hydrogen-bond acceptors (Lipinski definition) is 3. The second kappa shape index (κ2) is 13.4. The minimum Gasteiger partial charge on any atom is -0.298 e. The molecule has 0 fully saturated rings. The van der Waals surface area contributed by atoms with E-state index < -0.39 is 5.67 Å². The number of rotatable bonds is 8. The monoisotopic (exact) mass is 512 g/mol. The third kappa shape index (κ3) is 7.66. The summed E-state index contributed by atoms with van der Waals surface area (Å²) in [6.07, 6.45) is 3.75. The van der Waals surface area contributed by atoms with Crippen LogP contribution in [-0.4, -0.2) is 11.3 Å². The van der Waals surface area contributed by atoms with Gasteiger partial charge in [-0.05, 0) is 86.6 Å². The Bertz CT molecular complexity index is 1420. The molecule has 0 N–H and O–H groups in total. The van der Waals surface area contributed by atoms with Crippen molar-refractivity contribution in [3.63, 3.8) is 0 Å². The maximum atomic E-state index is 13.6. The van der Waals surface area contributed by atoms with Crippen molar-refractivity contribution >= 4 is 6.29 Å². The van der Waals surface area contributed by atoms with E-state index in [4.69, 9.17) is 0 Å². The summed E-state index contributed by atoms with van der Waals surface area (Å²) in [4.78, 5) is 15.9. The van der Waals surface area contributed by atoms with E-state index in [1.165, 1.54) is 12.1 Å². The van der Waals surface area contributed by atoms with Crippen LogP contribution in [0.1, 0.15) is 66.9 Å². The van der Waals surface area contributed by atoms with Gasteiger partial charge in [0, 0.05) is 12.6 Å². The average molecular weight is 513 g/mol. The van der Waals surface area contributed by atoms with Crippen molar-refractivity contribution < 1.29 is 15.0 Å². The molecule has 0 aliphatic heterocycles. The van der Waals surface area contributed by atoms with Gasteiger partial charge >= 0.3 is 0 Å². The first-order chi connectivity index (χ1) is 18.3. The number of aromatic nitrogens is 1. The van der Waals surface area contributed by atoms with Crippen molar-refractivity contribution in [2.24, 2.45) is 0 Å². The van der Waals surface area contributed by atoms with Crippen LogP contribution in [0.3, 0.4) is 0 Å². The van der Waals surface area contributed by atoms with Gasteiger partial charge in [-0.3, -0.25) is 9.78 Å². The molecule has 5 heteroatoms. The van der Waals surface area contributed by atoms with Crippen LogP contribution >= 0.6 is 0 Å². The van der Waals surface area contributed by atoms with Crippen molar-refractivity contribution in [1.82, 2.24) is 4.98 Å². The van der Waals surface area contributed by atoms with Gasteiger partial charge in [0.15, 0.2) is 6.29 Å². The highest BCUT2D eigenvalue weighted by Crippen LogP contribution is 2.27. The molecule has 0 saturated heterocycles. The van der Waals surface area contributed by atoms with E-state index in [-0.39, 0.29) is 7.24 Å². The molecule has 0 radical (unpaired) electrons. The molecule has 0 aliphatic rings. The lowest BCUT2D eigenvalue weighted by molar-refractivity contribution is 0.112. The molecule has 4 aromatic rings. The molecular weight excluding hydrogens is 478 g/mol. The van der Waals surface area contributed by atoms with E-state index in [2.05, 4.69) is 11.1 Å². The fourth-order valence-corrected chi connectivity index (χ4v) is 4.33. The normalized spacial score (nSPS) is 10.7. The number of nitriles is 1. The minimum absolute atomic E-state index is 0. The Morgan fingerprint density at radius 3 is 2.37 bits per heavy atom. The zero-order valence-corrected chi connectivity index (χ0v) is 22.0. The van der Waals surface area contributed by atoms with Crippen molar-refractivity contribution in [2.45, 2.75) is 52.1 Å². The Morgan fingerprint density at radius 1 is 0.974 bits per heavy atom. The summed E-state index contributed by atoms with van der Waals surface area (Å²) >= 11 is 0. The first-order valence-electron chi connectivity index (χ1n) is 12.7. The third-order valence-electron chi connectivity index (χ3n) is 6.27. The summed E-state index contributed by atoms with van der Waals surface area (Å²) in [7, 11) is 0. The molecular formula is C33H34F2N2O. The maximum absolute atomic E-state index is 13.6. The molecule has 3 nitrogen and oxygen atoms in total. The Labute approximate surface area is 225 Å². The van der Waals surface area contributed by atoms with Gasteiger partial charge in [-0.1, -0.05) is 61.5 Å². The Balaban J connectivity index is 0.000000346. The maximum Gasteiger partial charge on any atom is 0.151 e. The number of alkyl halides is 1. The predicted octanol–water partition coefficient (Wildman–Crippen LogP) is 8.45.